The van der Waals surface area contributed by atoms with E-state index in [-0.39, 0.29) is 0 Å². The average Bonchev–Trinajstić information content (AvgIpc) is 2.53. The molecule has 19 heavy (non-hydrogen) atoms. The first-order valence-electron chi connectivity index (χ1n) is 7.10. The summed E-state index contributed by atoms with van der Waals surface area (Å²) in [6, 6.07) is 0. The third kappa shape index (κ3) is 4.41. The molecule has 0 spiro atoms. The minimum absolute atomic E-state index is 0.464. The van der Waals surface area contributed by atoms with E-state index < -0.39 is 14.8 Å². The van der Waals surface area contributed by atoms with Crippen LogP contribution in [0.5, 0.6) is 0 Å². The Hall–Kier alpha value is -0.170. The Balaban J connectivity index is 2.65. The standard InChI is InChI=1S/C13H29N3O2S/c1-12(10-14)11-15-6-5-7-16(9-8-15)19(17,18)13(2,3)4/h12H,5-11,14H2,1-4H3. The molecule has 0 amide bonds. The van der Waals surface area contributed by atoms with E-state index in [4.69, 9.17) is 5.73 Å². The van der Waals surface area contributed by atoms with Crippen LogP contribution in [-0.4, -0.2) is 61.6 Å². The molecule has 1 rings (SSSR count). The van der Waals surface area contributed by atoms with E-state index in [1.165, 1.54) is 0 Å². The van der Waals surface area contributed by atoms with E-state index in [0.717, 1.165) is 26.1 Å². The smallest absolute Gasteiger partial charge is 0.219 e. The molecule has 0 aromatic rings. The summed E-state index contributed by atoms with van der Waals surface area (Å²) in [4.78, 5) is 2.33. The maximum absolute atomic E-state index is 12.4. The zero-order valence-corrected chi connectivity index (χ0v) is 13.5. The molecule has 1 fully saturated rings. The zero-order valence-electron chi connectivity index (χ0n) is 12.7. The van der Waals surface area contributed by atoms with Crippen LogP contribution in [0.15, 0.2) is 0 Å². The highest BCUT2D eigenvalue weighted by Crippen LogP contribution is 2.21. The maximum atomic E-state index is 12.4. The molecule has 0 saturated carbocycles. The Morgan fingerprint density at radius 2 is 1.79 bits per heavy atom. The molecule has 0 aromatic carbocycles. The Bertz CT molecular complexity index is 376. The lowest BCUT2D eigenvalue weighted by atomic mass is 10.1. The van der Waals surface area contributed by atoms with Gasteiger partial charge in [0.1, 0.15) is 0 Å². The topological polar surface area (TPSA) is 66.6 Å². The van der Waals surface area contributed by atoms with Crippen LogP contribution in [0, 0.1) is 5.92 Å². The number of hydrogen-bond donors (Lipinski definition) is 1. The number of nitrogens with two attached hydrogens (primary N) is 1. The van der Waals surface area contributed by atoms with Crippen LogP contribution in [0.25, 0.3) is 0 Å². The van der Waals surface area contributed by atoms with Gasteiger partial charge in [-0.1, -0.05) is 6.92 Å². The van der Waals surface area contributed by atoms with Crippen LogP contribution in [0.1, 0.15) is 34.1 Å². The van der Waals surface area contributed by atoms with Gasteiger partial charge in [-0.05, 0) is 46.2 Å². The van der Waals surface area contributed by atoms with Crippen molar-refractivity contribution in [2.75, 3.05) is 39.3 Å². The van der Waals surface area contributed by atoms with Crippen molar-refractivity contribution in [2.45, 2.75) is 38.9 Å². The van der Waals surface area contributed by atoms with Crippen molar-refractivity contribution < 1.29 is 8.42 Å². The Kier molecular flexibility index (Phi) is 5.79. The van der Waals surface area contributed by atoms with Gasteiger partial charge in [-0.2, -0.15) is 0 Å². The highest BCUT2D eigenvalue weighted by molar-refractivity contribution is 7.90. The van der Waals surface area contributed by atoms with Crippen molar-refractivity contribution in [3.63, 3.8) is 0 Å². The molecule has 0 bridgehead atoms. The molecule has 1 saturated heterocycles. The molecular formula is C13H29N3O2S. The molecule has 1 aliphatic rings. The fourth-order valence-corrected chi connectivity index (χ4v) is 3.74. The first kappa shape index (κ1) is 16.9. The van der Waals surface area contributed by atoms with Crippen molar-refractivity contribution >= 4 is 10.0 Å². The van der Waals surface area contributed by atoms with Gasteiger partial charge in [-0.15, -0.1) is 0 Å². The fourth-order valence-electron chi connectivity index (χ4n) is 2.27. The molecule has 5 nitrogen and oxygen atoms in total. The van der Waals surface area contributed by atoms with E-state index in [9.17, 15) is 8.42 Å². The predicted molar refractivity (Wildman–Crippen MR) is 79.5 cm³/mol. The third-order valence-corrected chi connectivity index (χ3v) is 6.23. The van der Waals surface area contributed by atoms with Crippen molar-refractivity contribution in [1.29, 1.82) is 0 Å². The van der Waals surface area contributed by atoms with Crippen LogP contribution < -0.4 is 5.73 Å². The van der Waals surface area contributed by atoms with Gasteiger partial charge in [0.15, 0.2) is 0 Å². The SMILES string of the molecule is CC(CN)CN1CCCN(S(=O)(=O)C(C)(C)C)CC1. The minimum atomic E-state index is -3.20. The lowest BCUT2D eigenvalue weighted by Gasteiger charge is -2.29. The van der Waals surface area contributed by atoms with E-state index in [1.807, 2.05) is 0 Å². The molecule has 0 radical (unpaired) electrons. The summed E-state index contributed by atoms with van der Waals surface area (Å²) in [7, 11) is -3.20. The summed E-state index contributed by atoms with van der Waals surface area (Å²) < 4.78 is 25.8. The lowest BCUT2D eigenvalue weighted by Crippen LogP contribution is -2.44. The maximum Gasteiger partial charge on any atom is 0.219 e. The number of sulfonamides is 1. The molecule has 0 aliphatic carbocycles. The first-order valence-corrected chi connectivity index (χ1v) is 8.54. The van der Waals surface area contributed by atoms with E-state index in [2.05, 4.69) is 11.8 Å². The van der Waals surface area contributed by atoms with Gasteiger partial charge in [0, 0.05) is 26.2 Å². The number of hydrogen-bond acceptors (Lipinski definition) is 4. The van der Waals surface area contributed by atoms with Crippen LogP contribution in [-0.2, 0) is 10.0 Å². The first-order chi connectivity index (χ1) is 8.68. The van der Waals surface area contributed by atoms with Crippen LogP contribution in [0.3, 0.4) is 0 Å². The summed E-state index contributed by atoms with van der Waals surface area (Å²) >= 11 is 0. The van der Waals surface area contributed by atoms with E-state index >= 15 is 0 Å². The summed E-state index contributed by atoms with van der Waals surface area (Å²) in [6.45, 7) is 12.1. The summed E-state index contributed by atoms with van der Waals surface area (Å²) in [5.74, 6) is 0.464. The number of nitrogens with zero attached hydrogens (tertiary/aromatic N) is 2. The monoisotopic (exact) mass is 291 g/mol. The van der Waals surface area contributed by atoms with Crippen molar-refractivity contribution in [3.05, 3.63) is 0 Å². The van der Waals surface area contributed by atoms with Crippen LogP contribution >= 0.6 is 0 Å². The predicted octanol–water partition coefficient (Wildman–Crippen LogP) is 0.717. The summed E-state index contributed by atoms with van der Waals surface area (Å²) in [5, 5.41) is 0. The van der Waals surface area contributed by atoms with Gasteiger partial charge in [0.05, 0.1) is 4.75 Å². The zero-order chi connectivity index (χ0) is 14.7. The average molecular weight is 291 g/mol. The summed E-state index contributed by atoms with van der Waals surface area (Å²) in [6.07, 6.45) is 0.895. The van der Waals surface area contributed by atoms with Gasteiger partial charge in [-0.3, -0.25) is 0 Å². The Morgan fingerprint density at radius 1 is 1.16 bits per heavy atom. The molecule has 0 aromatic heterocycles. The second-order valence-corrected chi connectivity index (χ2v) is 9.20. The van der Waals surface area contributed by atoms with Gasteiger partial charge in [0.2, 0.25) is 10.0 Å². The van der Waals surface area contributed by atoms with E-state index in [1.54, 1.807) is 25.1 Å². The summed E-state index contributed by atoms with van der Waals surface area (Å²) in [5.41, 5.74) is 5.65. The minimum Gasteiger partial charge on any atom is -0.330 e. The second-order valence-electron chi connectivity index (χ2n) is 6.51. The van der Waals surface area contributed by atoms with E-state index in [0.29, 0.717) is 25.6 Å². The fraction of sp³-hybridized carbons (Fsp3) is 1.00. The molecule has 1 aliphatic heterocycles. The molecular weight excluding hydrogens is 262 g/mol. The normalized spacial score (nSPS) is 22.2. The van der Waals surface area contributed by atoms with Crippen molar-refractivity contribution in [3.8, 4) is 0 Å². The molecule has 6 heteroatoms. The van der Waals surface area contributed by atoms with Crippen molar-refractivity contribution in [1.82, 2.24) is 9.21 Å². The van der Waals surface area contributed by atoms with Crippen LogP contribution in [0.2, 0.25) is 0 Å². The lowest BCUT2D eigenvalue weighted by molar-refractivity contribution is 0.250. The van der Waals surface area contributed by atoms with Crippen LogP contribution in [0.4, 0.5) is 0 Å². The molecule has 2 N–H and O–H groups in total. The van der Waals surface area contributed by atoms with Gasteiger partial charge in [-0.25, -0.2) is 12.7 Å². The highest BCUT2D eigenvalue weighted by Gasteiger charge is 2.35. The number of rotatable bonds is 4. The highest BCUT2D eigenvalue weighted by atomic mass is 32.2. The molecule has 1 heterocycles. The third-order valence-electron chi connectivity index (χ3n) is 3.63. The van der Waals surface area contributed by atoms with Gasteiger partial charge >= 0.3 is 0 Å². The largest absolute Gasteiger partial charge is 0.330 e. The molecule has 114 valence electrons. The van der Waals surface area contributed by atoms with Crippen molar-refractivity contribution in [2.24, 2.45) is 11.7 Å². The Morgan fingerprint density at radius 3 is 2.32 bits per heavy atom. The van der Waals surface area contributed by atoms with Gasteiger partial charge < -0.3 is 10.6 Å². The Labute approximate surface area is 118 Å². The van der Waals surface area contributed by atoms with Gasteiger partial charge in [0.25, 0.3) is 0 Å². The molecule has 1 unspecified atom stereocenters. The quantitative estimate of drug-likeness (QED) is 0.829. The molecule has 1 atom stereocenters. The second kappa shape index (κ2) is 6.52.